The molecule has 0 aromatic heterocycles. The minimum atomic E-state index is -1.12. The van der Waals surface area contributed by atoms with E-state index in [2.05, 4.69) is 0 Å². The van der Waals surface area contributed by atoms with Crippen LogP contribution in [-0.2, 0) is 11.3 Å². The van der Waals surface area contributed by atoms with Crippen LogP contribution >= 0.6 is 0 Å². The maximum atomic E-state index is 12.9. The standard InChI is InChI=1S/C12H18FNO2/c1-9-3-10(7-15-2)5-12(4-9)16-8-11(13)6-14/h3-5,11H,6-8,14H2,1-2H3/t11-/m1/s1. The Bertz CT molecular complexity index is 331. The molecule has 0 spiro atoms. The monoisotopic (exact) mass is 227 g/mol. The highest BCUT2D eigenvalue weighted by atomic mass is 19.1. The Morgan fingerprint density at radius 3 is 2.75 bits per heavy atom. The predicted molar refractivity (Wildman–Crippen MR) is 61.3 cm³/mol. The van der Waals surface area contributed by atoms with E-state index in [1.807, 2.05) is 25.1 Å². The van der Waals surface area contributed by atoms with Gasteiger partial charge in [0.25, 0.3) is 0 Å². The third-order valence-electron chi connectivity index (χ3n) is 2.11. The molecular weight excluding hydrogens is 209 g/mol. The molecule has 0 amide bonds. The number of methoxy groups -OCH3 is 1. The lowest BCUT2D eigenvalue weighted by atomic mass is 10.1. The number of halogens is 1. The van der Waals surface area contributed by atoms with E-state index in [0.717, 1.165) is 11.1 Å². The molecule has 1 aromatic rings. The summed E-state index contributed by atoms with van der Waals surface area (Å²) in [5, 5.41) is 0. The van der Waals surface area contributed by atoms with Gasteiger partial charge in [-0.15, -0.1) is 0 Å². The Hall–Kier alpha value is -1.13. The van der Waals surface area contributed by atoms with Gasteiger partial charge in [0, 0.05) is 13.7 Å². The predicted octanol–water partition coefficient (Wildman–Crippen LogP) is 1.82. The smallest absolute Gasteiger partial charge is 0.146 e. The summed E-state index contributed by atoms with van der Waals surface area (Å²) in [5.41, 5.74) is 7.25. The van der Waals surface area contributed by atoms with Crippen molar-refractivity contribution in [3.63, 3.8) is 0 Å². The molecule has 1 atom stereocenters. The van der Waals surface area contributed by atoms with Crippen LogP contribution in [-0.4, -0.2) is 26.4 Å². The topological polar surface area (TPSA) is 44.5 Å². The number of hydrogen-bond acceptors (Lipinski definition) is 3. The van der Waals surface area contributed by atoms with Crippen molar-refractivity contribution in [3.05, 3.63) is 29.3 Å². The van der Waals surface area contributed by atoms with Crippen LogP contribution in [0.25, 0.3) is 0 Å². The summed E-state index contributed by atoms with van der Waals surface area (Å²) >= 11 is 0. The van der Waals surface area contributed by atoms with Crippen LogP contribution in [0, 0.1) is 6.92 Å². The molecular formula is C12H18FNO2. The Balaban J connectivity index is 2.64. The summed E-state index contributed by atoms with van der Waals surface area (Å²) in [6, 6.07) is 5.72. The molecule has 0 saturated heterocycles. The number of nitrogens with two attached hydrogens (primary N) is 1. The van der Waals surface area contributed by atoms with E-state index in [4.69, 9.17) is 15.2 Å². The van der Waals surface area contributed by atoms with Gasteiger partial charge < -0.3 is 15.2 Å². The molecule has 0 aliphatic carbocycles. The molecule has 0 bridgehead atoms. The highest BCUT2D eigenvalue weighted by Crippen LogP contribution is 2.17. The zero-order valence-electron chi connectivity index (χ0n) is 9.70. The van der Waals surface area contributed by atoms with E-state index in [9.17, 15) is 4.39 Å². The number of aryl methyl sites for hydroxylation is 1. The lowest BCUT2D eigenvalue weighted by molar-refractivity contribution is 0.182. The number of hydrogen-bond donors (Lipinski definition) is 1. The lowest BCUT2D eigenvalue weighted by Gasteiger charge is -2.11. The molecule has 2 N–H and O–H groups in total. The average molecular weight is 227 g/mol. The molecule has 0 aliphatic heterocycles. The van der Waals surface area contributed by atoms with Crippen molar-refractivity contribution < 1.29 is 13.9 Å². The van der Waals surface area contributed by atoms with Gasteiger partial charge >= 0.3 is 0 Å². The second-order valence-electron chi connectivity index (χ2n) is 3.73. The van der Waals surface area contributed by atoms with Crippen LogP contribution in [0.1, 0.15) is 11.1 Å². The number of alkyl halides is 1. The van der Waals surface area contributed by atoms with Gasteiger partial charge in [0.1, 0.15) is 18.5 Å². The molecule has 0 aliphatic rings. The quantitative estimate of drug-likeness (QED) is 0.806. The van der Waals surface area contributed by atoms with Gasteiger partial charge in [-0.3, -0.25) is 0 Å². The van der Waals surface area contributed by atoms with E-state index in [1.165, 1.54) is 0 Å². The molecule has 0 unspecified atom stereocenters. The SMILES string of the molecule is COCc1cc(C)cc(OC[C@H](F)CN)c1. The summed E-state index contributed by atoms with van der Waals surface area (Å²) in [6.45, 7) is 2.46. The minimum Gasteiger partial charge on any atom is -0.490 e. The first-order valence-electron chi connectivity index (χ1n) is 5.22. The first-order chi connectivity index (χ1) is 7.65. The molecule has 90 valence electrons. The largest absolute Gasteiger partial charge is 0.490 e. The van der Waals surface area contributed by atoms with Gasteiger partial charge in [0.05, 0.1) is 6.61 Å². The van der Waals surface area contributed by atoms with Crippen molar-refractivity contribution in [1.82, 2.24) is 0 Å². The molecule has 0 saturated carbocycles. The fraction of sp³-hybridized carbons (Fsp3) is 0.500. The summed E-state index contributed by atoms with van der Waals surface area (Å²) in [7, 11) is 1.63. The van der Waals surface area contributed by atoms with Crippen LogP contribution in [0.15, 0.2) is 18.2 Å². The van der Waals surface area contributed by atoms with Gasteiger partial charge in [-0.25, -0.2) is 4.39 Å². The lowest BCUT2D eigenvalue weighted by Crippen LogP contribution is -2.22. The van der Waals surface area contributed by atoms with Gasteiger partial charge in [0.15, 0.2) is 0 Å². The molecule has 1 rings (SSSR count). The van der Waals surface area contributed by atoms with E-state index in [-0.39, 0.29) is 13.2 Å². The van der Waals surface area contributed by atoms with Crippen LogP contribution < -0.4 is 10.5 Å². The molecule has 4 heteroatoms. The summed E-state index contributed by atoms with van der Waals surface area (Å²) in [4.78, 5) is 0. The van der Waals surface area contributed by atoms with Crippen molar-refractivity contribution in [2.24, 2.45) is 5.73 Å². The zero-order chi connectivity index (χ0) is 12.0. The normalized spacial score (nSPS) is 12.5. The molecule has 0 heterocycles. The summed E-state index contributed by atoms with van der Waals surface area (Å²) < 4.78 is 23.2. The van der Waals surface area contributed by atoms with E-state index in [1.54, 1.807) is 7.11 Å². The van der Waals surface area contributed by atoms with E-state index in [0.29, 0.717) is 12.4 Å². The maximum Gasteiger partial charge on any atom is 0.146 e. The van der Waals surface area contributed by atoms with Crippen molar-refractivity contribution in [2.45, 2.75) is 19.7 Å². The van der Waals surface area contributed by atoms with Gasteiger partial charge in [-0.05, 0) is 30.2 Å². The van der Waals surface area contributed by atoms with E-state index >= 15 is 0 Å². The highest BCUT2D eigenvalue weighted by Gasteiger charge is 2.05. The molecule has 0 radical (unpaired) electrons. The van der Waals surface area contributed by atoms with Crippen LogP contribution in [0.3, 0.4) is 0 Å². The van der Waals surface area contributed by atoms with Gasteiger partial charge in [-0.1, -0.05) is 6.07 Å². The fourth-order valence-electron chi connectivity index (χ4n) is 1.41. The van der Waals surface area contributed by atoms with Crippen molar-refractivity contribution >= 4 is 0 Å². The number of ether oxygens (including phenoxy) is 2. The van der Waals surface area contributed by atoms with Crippen molar-refractivity contribution in [2.75, 3.05) is 20.3 Å². The average Bonchev–Trinajstić information content (AvgIpc) is 2.25. The molecule has 0 fully saturated rings. The highest BCUT2D eigenvalue weighted by molar-refractivity contribution is 5.33. The number of benzene rings is 1. The second kappa shape index (κ2) is 6.45. The van der Waals surface area contributed by atoms with Crippen molar-refractivity contribution in [1.29, 1.82) is 0 Å². The molecule has 16 heavy (non-hydrogen) atoms. The third-order valence-corrected chi connectivity index (χ3v) is 2.11. The Kier molecular flexibility index (Phi) is 5.22. The van der Waals surface area contributed by atoms with E-state index < -0.39 is 6.17 Å². The number of rotatable bonds is 6. The zero-order valence-corrected chi connectivity index (χ0v) is 9.70. The third kappa shape index (κ3) is 4.16. The van der Waals surface area contributed by atoms with Gasteiger partial charge in [-0.2, -0.15) is 0 Å². The molecule has 1 aromatic carbocycles. The first-order valence-corrected chi connectivity index (χ1v) is 5.22. The Morgan fingerprint density at radius 2 is 2.12 bits per heavy atom. The van der Waals surface area contributed by atoms with Crippen molar-refractivity contribution in [3.8, 4) is 5.75 Å². The summed E-state index contributed by atoms with van der Waals surface area (Å²) in [5.74, 6) is 0.656. The Morgan fingerprint density at radius 1 is 1.38 bits per heavy atom. The van der Waals surface area contributed by atoms with Crippen LogP contribution in [0.4, 0.5) is 4.39 Å². The summed E-state index contributed by atoms with van der Waals surface area (Å²) in [6.07, 6.45) is -1.12. The van der Waals surface area contributed by atoms with Gasteiger partial charge in [0.2, 0.25) is 0 Å². The first kappa shape index (κ1) is 12.9. The fourth-order valence-corrected chi connectivity index (χ4v) is 1.41. The second-order valence-corrected chi connectivity index (χ2v) is 3.73. The molecule has 3 nitrogen and oxygen atoms in total. The van der Waals surface area contributed by atoms with Crippen LogP contribution in [0.5, 0.6) is 5.75 Å². The minimum absolute atomic E-state index is 0.00756. The maximum absolute atomic E-state index is 12.9. The Labute approximate surface area is 95.4 Å². The van der Waals surface area contributed by atoms with Crippen LogP contribution in [0.2, 0.25) is 0 Å².